The molecule has 3 aromatic rings. The van der Waals surface area contributed by atoms with E-state index in [1.54, 1.807) is 17.6 Å². The van der Waals surface area contributed by atoms with Crippen LogP contribution in [0, 0.1) is 12.8 Å². The van der Waals surface area contributed by atoms with Gasteiger partial charge in [0.2, 0.25) is 0 Å². The van der Waals surface area contributed by atoms with Crippen molar-refractivity contribution in [3.63, 3.8) is 0 Å². The van der Waals surface area contributed by atoms with Crippen LogP contribution in [0.1, 0.15) is 38.9 Å². The molecule has 0 aliphatic rings. The molecule has 1 heterocycles. The zero-order valence-electron chi connectivity index (χ0n) is 15.4. The highest BCUT2D eigenvalue weighted by Gasteiger charge is 2.12. The van der Waals surface area contributed by atoms with E-state index in [4.69, 9.17) is 5.21 Å². The van der Waals surface area contributed by atoms with Crippen LogP contribution >= 0.6 is 0 Å². The van der Waals surface area contributed by atoms with E-state index in [0.29, 0.717) is 17.8 Å². The van der Waals surface area contributed by atoms with Crippen LogP contribution in [-0.4, -0.2) is 28.6 Å². The molecule has 140 valence electrons. The molecule has 0 radical (unpaired) electrons. The number of aromatic amines is 1. The van der Waals surface area contributed by atoms with Crippen molar-refractivity contribution in [2.24, 2.45) is 5.92 Å². The van der Waals surface area contributed by atoms with Crippen molar-refractivity contribution < 1.29 is 14.8 Å². The van der Waals surface area contributed by atoms with E-state index >= 15 is 0 Å². The lowest BCUT2D eigenvalue weighted by Crippen LogP contribution is -2.29. The van der Waals surface area contributed by atoms with Gasteiger partial charge in [-0.25, -0.2) is 5.48 Å². The number of nitrogens with one attached hydrogen (secondary N) is 3. The Morgan fingerprint density at radius 2 is 1.81 bits per heavy atom. The molecule has 6 heteroatoms. The monoisotopic (exact) mass is 365 g/mol. The summed E-state index contributed by atoms with van der Waals surface area (Å²) in [4.78, 5) is 26.9. The van der Waals surface area contributed by atoms with Gasteiger partial charge in [0, 0.05) is 23.0 Å². The summed E-state index contributed by atoms with van der Waals surface area (Å²) in [7, 11) is 0. The molecule has 0 bridgehead atoms. The van der Waals surface area contributed by atoms with Gasteiger partial charge < -0.3 is 10.3 Å². The molecule has 0 spiro atoms. The van der Waals surface area contributed by atoms with Crippen LogP contribution in [0.25, 0.3) is 10.9 Å². The first-order valence-corrected chi connectivity index (χ1v) is 8.87. The Morgan fingerprint density at radius 1 is 1.07 bits per heavy atom. The predicted octanol–water partition coefficient (Wildman–Crippen LogP) is 3.20. The fraction of sp³-hybridized carbons (Fsp3) is 0.238. The summed E-state index contributed by atoms with van der Waals surface area (Å²) in [6, 6.07) is 14.9. The Morgan fingerprint density at radius 3 is 2.52 bits per heavy atom. The molecule has 0 fully saturated rings. The number of amides is 2. The summed E-state index contributed by atoms with van der Waals surface area (Å²) in [5.41, 5.74) is 5.74. The number of fused-ring (bicyclic) bond motifs is 1. The number of rotatable bonds is 6. The Bertz CT molecular complexity index is 960. The minimum Gasteiger partial charge on any atom is -0.351 e. The van der Waals surface area contributed by atoms with E-state index in [1.165, 1.54) is 0 Å². The maximum absolute atomic E-state index is 12.4. The number of hydrogen-bond donors (Lipinski definition) is 4. The summed E-state index contributed by atoms with van der Waals surface area (Å²) >= 11 is 0. The Kier molecular flexibility index (Phi) is 5.57. The van der Waals surface area contributed by atoms with Crippen molar-refractivity contribution in [1.82, 2.24) is 15.8 Å². The molecule has 6 nitrogen and oxygen atoms in total. The highest BCUT2D eigenvalue weighted by molar-refractivity contribution is 5.98. The molecule has 27 heavy (non-hydrogen) atoms. The van der Waals surface area contributed by atoms with E-state index < -0.39 is 5.91 Å². The first kappa shape index (κ1) is 18.7. The van der Waals surface area contributed by atoms with Gasteiger partial charge in [0.05, 0.1) is 0 Å². The SMILES string of the molecule is Cc1ccc2[nH]c(C(=O)NCC(C)Cc3ccc(C(=O)NO)cc3)cc2c1. The number of carbonyl (C=O) groups is 2. The highest BCUT2D eigenvalue weighted by Crippen LogP contribution is 2.17. The lowest BCUT2D eigenvalue weighted by atomic mass is 10.00. The van der Waals surface area contributed by atoms with Crippen LogP contribution in [0.15, 0.2) is 48.5 Å². The van der Waals surface area contributed by atoms with Gasteiger partial charge in [0.1, 0.15) is 5.69 Å². The molecule has 1 aromatic heterocycles. The number of benzene rings is 2. The van der Waals surface area contributed by atoms with Crippen molar-refractivity contribution in [3.05, 3.63) is 70.9 Å². The first-order valence-electron chi connectivity index (χ1n) is 8.87. The fourth-order valence-corrected chi connectivity index (χ4v) is 3.07. The molecule has 4 N–H and O–H groups in total. The lowest BCUT2D eigenvalue weighted by molar-refractivity contribution is 0.0706. The second kappa shape index (κ2) is 8.05. The van der Waals surface area contributed by atoms with Crippen LogP contribution in [0.3, 0.4) is 0 Å². The number of hydrogen-bond acceptors (Lipinski definition) is 3. The Hall–Kier alpha value is -3.12. The molecule has 1 atom stereocenters. The van der Waals surface area contributed by atoms with Gasteiger partial charge >= 0.3 is 0 Å². The average Bonchev–Trinajstić information content (AvgIpc) is 3.09. The summed E-state index contributed by atoms with van der Waals surface area (Å²) in [5.74, 6) is -0.417. The molecule has 0 saturated heterocycles. The standard InChI is InChI=1S/C21H23N3O3/c1-13-3-8-18-17(10-13)11-19(23-18)21(26)22-12-14(2)9-15-4-6-16(7-5-15)20(25)24-27/h3-8,10-11,14,23,27H,9,12H2,1-2H3,(H,22,26)(H,24,25). The molecule has 0 saturated carbocycles. The second-order valence-electron chi connectivity index (χ2n) is 6.93. The minimum atomic E-state index is -0.532. The van der Waals surface area contributed by atoms with Gasteiger partial charge in [-0.3, -0.25) is 14.8 Å². The van der Waals surface area contributed by atoms with E-state index in [0.717, 1.165) is 28.5 Å². The van der Waals surface area contributed by atoms with Gasteiger partial charge in [0.25, 0.3) is 11.8 Å². The largest absolute Gasteiger partial charge is 0.351 e. The summed E-state index contributed by atoms with van der Waals surface area (Å²) < 4.78 is 0. The van der Waals surface area contributed by atoms with Crippen LogP contribution in [0.2, 0.25) is 0 Å². The molecular weight excluding hydrogens is 342 g/mol. The van der Waals surface area contributed by atoms with Crippen molar-refractivity contribution in [3.8, 4) is 0 Å². The van der Waals surface area contributed by atoms with E-state index in [2.05, 4.69) is 17.2 Å². The Labute approximate surface area is 157 Å². The normalized spacial score (nSPS) is 12.0. The summed E-state index contributed by atoms with van der Waals surface area (Å²) in [5, 5.41) is 12.6. The van der Waals surface area contributed by atoms with Crippen LogP contribution < -0.4 is 10.8 Å². The van der Waals surface area contributed by atoms with Gasteiger partial charge in [-0.2, -0.15) is 0 Å². The van der Waals surface area contributed by atoms with Crippen LogP contribution in [0.5, 0.6) is 0 Å². The van der Waals surface area contributed by atoms with Crippen molar-refractivity contribution in [1.29, 1.82) is 0 Å². The van der Waals surface area contributed by atoms with Crippen LogP contribution in [-0.2, 0) is 6.42 Å². The molecule has 0 aliphatic heterocycles. The fourth-order valence-electron chi connectivity index (χ4n) is 3.07. The number of aromatic nitrogens is 1. The third-order valence-electron chi connectivity index (χ3n) is 4.53. The van der Waals surface area contributed by atoms with Gasteiger partial charge in [-0.05, 0) is 55.2 Å². The minimum absolute atomic E-state index is 0.120. The van der Waals surface area contributed by atoms with E-state index in [-0.39, 0.29) is 11.8 Å². The van der Waals surface area contributed by atoms with Gasteiger partial charge in [0.15, 0.2) is 0 Å². The average molecular weight is 365 g/mol. The number of H-pyrrole nitrogens is 1. The van der Waals surface area contributed by atoms with Crippen molar-refractivity contribution >= 4 is 22.7 Å². The molecule has 3 rings (SSSR count). The number of carbonyl (C=O) groups excluding carboxylic acids is 2. The quantitative estimate of drug-likeness (QED) is 0.399. The smallest absolute Gasteiger partial charge is 0.274 e. The van der Waals surface area contributed by atoms with E-state index in [9.17, 15) is 9.59 Å². The molecule has 0 aliphatic carbocycles. The van der Waals surface area contributed by atoms with E-state index in [1.807, 2.05) is 43.3 Å². The lowest BCUT2D eigenvalue weighted by Gasteiger charge is -2.12. The summed E-state index contributed by atoms with van der Waals surface area (Å²) in [6.07, 6.45) is 0.771. The number of aryl methyl sites for hydroxylation is 1. The molecule has 2 aromatic carbocycles. The zero-order valence-corrected chi connectivity index (χ0v) is 15.4. The Balaban J connectivity index is 1.55. The van der Waals surface area contributed by atoms with Crippen molar-refractivity contribution in [2.75, 3.05) is 6.54 Å². The van der Waals surface area contributed by atoms with Crippen molar-refractivity contribution in [2.45, 2.75) is 20.3 Å². The van der Waals surface area contributed by atoms with Gasteiger partial charge in [-0.15, -0.1) is 0 Å². The molecule has 1 unspecified atom stereocenters. The second-order valence-corrected chi connectivity index (χ2v) is 6.93. The maximum Gasteiger partial charge on any atom is 0.274 e. The predicted molar refractivity (Wildman–Crippen MR) is 104 cm³/mol. The highest BCUT2D eigenvalue weighted by atomic mass is 16.5. The van der Waals surface area contributed by atoms with Crippen LogP contribution in [0.4, 0.5) is 0 Å². The maximum atomic E-state index is 12.4. The molecule has 2 amide bonds. The number of hydroxylamine groups is 1. The first-order chi connectivity index (χ1) is 13.0. The third kappa shape index (κ3) is 4.54. The topological polar surface area (TPSA) is 94.2 Å². The summed E-state index contributed by atoms with van der Waals surface area (Å²) in [6.45, 7) is 4.63. The van der Waals surface area contributed by atoms with Gasteiger partial charge in [-0.1, -0.05) is 30.7 Å². The zero-order chi connectivity index (χ0) is 19.4. The third-order valence-corrected chi connectivity index (χ3v) is 4.53. The molecular formula is C21H23N3O3.